The van der Waals surface area contributed by atoms with E-state index in [2.05, 4.69) is 0 Å². The van der Waals surface area contributed by atoms with Crippen molar-refractivity contribution in [3.8, 4) is 0 Å². The Morgan fingerprint density at radius 3 is 2.55 bits per heavy atom. The van der Waals surface area contributed by atoms with E-state index in [1.54, 1.807) is 11.0 Å². The van der Waals surface area contributed by atoms with Crippen LogP contribution in [-0.4, -0.2) is 40.2 Å². The highest BCUT2D eigenvalue weighted by Gasteiger charge is 2.42. The topological polar surface area (TPSA) is 60.8 Å². The van der Waals surface area contributed by atoms with Gasteiger partial charge in [-0.25, -0.2) is 4.39 Å². The highest BCUT2D eigenvalue weighted by Crippen LogP contribution is 2.38. The maximum Gasteiger partial charge on any atom is 0.256 e. The van der Waals surface area contributed by atoms with Crippen LogP contribution in [0.5, 0.6) is 0 Å². The van der Waals surface area contributed by atoms with Crippen LogP contribution in [0.25, 0.3) is 0 Å². The van der Waals surface area contributed by atoms with E-state index in [0.717, 1.165) is 12.8 Å². The standard InChI is InChI=1S/C15H18FNO3/c16-12-3-1-2-9(4-12)14(19)15(20)17-7-10-5-13(18)6-11(10)8-17/h1-4,10-11,13-14,18-19H,5-8H2/t10-,11+,13?,14?. The Kier molecular flexibility index (Phi) is 3.48. The van der Waals surface area contributed by atoms with Gasteiger partial charge in [-0.2, -0.15) is 0 Å². The van der Waals surface area contributed by atoms with Crippen molar-refractivity contribution in [1.29, 1.82) is 0 Å². The van der Waals surface area contributed by atoms with Gasteiger partial charge in [0.25, 0.3) is 5.91 Å². The van der Waals surface area contributed by atoms with E-state index in [1.807, 2.05) is 0 Å². The fraction of sp³-hybridized carbons (Fsp3) is 0.533. The lowest BCUT2D eigenvalue weighted by Gasteiger charge is -2.21. The van der Waals surface area contributed by atoms with Gasteiger partial charge in [-0.1, -0.05) is 12.1 Å². The van der Waals surface area contributed by atoms with Crippen molar-refractivity contribution in [1.82, 2.24) is 4.90 Å². The van der Waals surface area contributed by atoms with Crippen molar-refractivity contribution >= 4 is 5.91 Å². The SMILES string of the molecule is O=C(C(O)c1cccc(F)c1)N1C[C@H]2CC(O)C[C@H]2C1. The number of hydrogen-bond donors (Lipinski definition) is 2. The van der Waals surface area contributed by atoms with Crippen LogP contribution < -0.4 is 0 Å². The smallest absolute Gasteiger partial charge is 0.256 e. The van der Waals surface area contributed by atoms with Gasteiger partial charge in [-0.15, -0.1) is 0 Å². The van der Waals surface area contributed by atoms with Gasteiger partial charge < -0.3 is 15.1 Å². The molecular weight excluding hydrogens is 261 g/mol. The van der Waals surface area contributed by atoms with Crippen molar-refractivity contribution in [2.75, 3.05) is 13.1 Å². The van der Waals surface area contributed by atoms with E-state index >= 15 is 0 Å². The van der Waals surface area contributed by atoms with Crippen LogP contribution >= 0.6 is 0 Å². The van der Waals surface area contributed by atoms with E-state index in [9.17, 15) is 19.4 Å². The summed E-state index contributed by atoms with van der Waals surface area (Å²) in [6, 6.07) is 5.49. The first-order valence-electron chi connectivity index (χ1n) is 6.95. The number of benzene rings is 1. The van der Waals surface area contributed by atoms with Gasteiger partial charge in [0.15, 0.2) is 6.10 Å². The minimum absolute atomic E-state index is 0.254. The molecule has 2 unspecified atom stereocenters. The molecule has 1 saturated carbocycles. The number of rotatable bonds is 2. The zero-order valence-corrected chi connectivity index (χ0v) is 11.1. The predicted molar refractivity (Wildman–Crippen MR) is 70.2 cm³/mol. The molecule has 5 heteroatoms. The molecule has 3 rings (SSSR count). The molecule has 1 amide bonds. The average Bonchev–Trinajstić information content (AvgIpc) is 2.94. The number of likely N-dealkylation sites (tertiary alicyclic amines) is 1. The number of halogens is 1. The summed E-state index contributed by atoms with van der Waals surface area (Å²) in [5.74, 6) is -0.183. The molecule has 1 aliphatic heterocycles. The van der Waals surface area contributed by atoms with Crippen molar-refractivity contribution < 1.29 is 19.4 Å². The second kappa shape index (κ2) is 5.14. The van der Waals surface area contributed by atoms with Crippen molar-refractivity contribution in [3.05, 3.63) is 35.6 Å². The maximum atomic E-state index is 13.1. The Balaban J connectivity index is 1.68. The molecule has 1 aliphatic carbocycles. The third-order valence-electron chi connectivity index (χ3n) is 4.44. The number of hydrogen-bond acceptors (Lipinski definition) is 3. The minimum atomic E-state index is -1.31. The Bertz CT molecular complexity index is 508. The summed E-state index contributed by atoms with van der Waals surface area (Å²) in [6.07, 6.45) is -0.112. The quantitative estimate of drug-likeness (QED) is 0.852. The Hall–Kier alpha value is -1.46. The first-order chi connectivity index (χ1) is 9.54. The molecule has 108 valence electrons. The number of carbonyl (C=O) groups is 1. The Morgan fingerprint density at radius 1 is 1.30 bits per heavy atom. The molecule has 0 spiro atoms. The van der Waals surface area contributed by atoms with Gasteiger partial charge in [0.1, 0.15) is 5.82 Å². The monoisotopic (exact) mass is 279 g/mol. The largest absolute Gasteiger partial charge is 0.393 e. The van der Waals surface area contributed by atoms with E-state index in [1.165, 1.54) is 18.2 Å². The summed E-state index contributed by atoms with van der Waals surface area (Å²) in [7, 11) is 0. The number of aliphatic hydroxyl groups is 2. The molecule has 4 nitrogen and oxygen atoms in total. The minimum Gasteiger partial charge on any atom is -0.393 e. The predicted octanol–water partition coefficient (Wildman–Crippen LogP) is 1.09. The highest BCUT2D eigenvalue weighted by atomic mass is 19.1. The van der Waals surface area contributed by atoms with E-state index in [0.29, 0.717) is 24.9 Å². The number of carbonyl (C=O) groups excluding carboxylic acids is 1. The molecule has 0 radical (unpaired) electrons. The van der Waals surface area contributed by atoms with Gasteiger partial charge in [0.05, 0.1) is 6.10 Å². The van der Waals surface area contributed by atoms with Crippen molar-refractivity contribution in [2.24, 2.45) is 11.8 Å². The zero-order valence-electron chi connectivity index (χ0n) is 11.1. The van der Waals surface area contributed by atoms with Crippen LogP contribution in [0.2, 0.25) is 0 Å². The van der Waals surface area contributed by atoms with Gasteiger partial charge >= 0.3 is 0 Å². The fourth-order valence-corrected chi connectivity index (χ4v) is 3.44. The van der Waals surface area contributed by atoms with Crippen LogP contribution in [0, 0.1) is 17.7 Å². The Morgan fingerprint density at radius 2 is 1.95 bits per heavy atom. The third-order valence-corrected chi connectivity index (χ3v) is 4.44. The molecule has 4 atom stereocenters. The summed E-state index contributed by atoms with van der Waals surface area (Å²) in [4.78, 5) is 13.9. The van der Waals surface area contributed by atoms with E-state index in [4.69, 9.17) is 0 Å². The average molecular weight is 279 g/mol. The molecule has 1 aromatic rings. The van der Waals surface area contributed by atoms with Gasteiger partial charge in [0, 0.05) is 13.1 Å². The van der Waals surface area contributed by atoms with Crippen LogP contribution in [0.15, 0.2) is 24.3 Å². The van der Waals surface area contributed by atoms with Crippen molar-refractivity contribution in [3.63, 3.8) is 0 Å². The zero-order chi connectivity index (χ0) is 14.3. The second-order valence-corrected chi connectivity index (χ2v) is 5.85. The normalized spacial score (nSPS) is 30.4. The molecule has 2 aliphatic rings. The highest BCUT2D eigenvalue weighted by molar-refractivity contribution is 5.82. The molecule has 2 fully saturated rings. The first-order valence-corrected chi connectivity index (χ1v) is 6.95. The van der Waals surface area contributed by atoms with Crippen LogP contribution in [0.1, 0.15) is 24.5 Å². The van der Waals surface area contributed by atoms with Crippen LogP contribution in [0.4, 0.5) is 4.39 Å². The second-order valence-electron chi connectivity index (χ2n) is 5.85. The number of nitrogens with zero attached hydrogens (tertiary/aromatic N) is 1. The molecular formula is C15H18FNO3. The van der Waals surface area contributed by atoms with Gasteiger partial charge in [0.2, 0.25) is 0 Å². The molecule has 0 bridgehead atoms. The fourth-order valence-electron chi connectivity index (χ4n) is 3.44. The van der Waals surface area contributed by atoms with Gasteiger partial charge in [-0.3, -0.25) is 4.79 Å². The first kappa shape index (κ1) is 13.5. The molecule has 1 aromatic carbocycles. The Labute approximate surface area is 116 Å². The van der Waals surface area contributed by atoms with Crippen LogP contribution in [-0.2, 0) is 4.79 Å². The van der Waals surface area contributed by atoms with Crippen LogP contribution in [0.3, 0.4) is 0 Å². The summed E-state index contributed by atoms with van der Waals surface area (Å²) < 4.78 is 13.1. The molecule has 2 N–H and O–H groups in total. The molecule has 1 saturated heterocycles. The molecule has 1 heterocycles. The van der Waals surface area contributed by atoms with Crippen molar-refractivity contribution in [2.45, 2.75) is 25.0 Å². The van der Waals surface area contributed by atoms with E-state index in [-0.39, 0.29) is 17.6 Å². The summed E-state index contributed by atoms with van der Waals surface area (Å²) in [5.41, 5.74) is 0.284. The number of amides is 1. The summed E-state index contributed by atoms with van der Waals surface area (Å²) in [6.45, 7) is 1.15. The lowest BCUT2D eigenvalue weighted by Crippen LogP contribution is -2.34. The summed E-state index contributed by atoms with van der Waals surface area (Å²) >= 11 is 0. The lowest BCUT2D eigenvalue weighted by atomic mass is 10.0. The van der Waals surface area contributed by atoms with E-state index < -0.39 is 11.9 Å². The lowest BCUT2D eigenvalue weighted by molar-refractivity contribution is -0.139. The number of fused-ring (bicyclic) bond motifs is 1. The summed E-state index contributed by atoms with van der Waals surface area (Å²) in [5, 5.41) is 19.7. The maximum absolute atomic E-state index is 13.1. The number of aliphatic hydroxyl groups excluding tert-OH is 2. The third kappa shape index (κ3) is 2.43. The molecule has 0 aromatic heterocycles. The molecule has 20 heavy (non-hydrogen) atoms. The van der Waals surface area contributed by atoms with Gasteiger partial charge in [-0.05, 0) is 42.4 Å².